The van der Waals surface area contributed by atoms with Gasteiger partial charge in [-0.1, -0.05) is 44.9 Å². The lowest BCUT2D eigenvalue weighted by Gasteiger charge is -2.42. The fourth-order valence-electron chi connectivity index (χ4n) is 3.73. The van der Waals surface area contributed by atoms with Crippen LogP contribution in [0.5, 0.6) is 0 Å². The van der Waals surface area contributed by atoms with Crippen molar-refractivity contribution in [1.29, 1.82) is 0 Å². The Hall–Kier alpha value is -0.0400. The van der Waals surface area contributed by atoms with E-state index in [2.05, 4.69) is 0 Å². The van der Waals surface area contributed by atoms with E-state index in [9.17, 15) is 0 Å². The average Bonchev–Trinajstić information content (AvgIpc) is 2.59. The summed E-state index contributed by atoms with van der Waals surface area (Å²) in [6, 6.07) is 0. The summed E-state index contributed by atoms with van der Waals surface area (Å²) >= 11 is 0. The van der Waals surface area contributed by atoms with E-state index in [0.29, 0.717) is 0 Å². The lowest BCUT2D eigenvalue weighted by molar-refractivity contribution is -0.0883. The second-order valence-corrected chi connectivity index (χ2v) is 5.52. The van der Waals surface area contributed by atoms with Gasteiger partial charge in [-0.3, -0.25) is 0 Å². The van der Waals surface area contributed by atoms with Crippen LogP contribution in [0.25, 0.3) is 0 Å². The topological polar surface area (TPSA) is 9.23 Å². The van der Waals surface area contributed by atoms with E-state index >= 15 is 0 Å². The Morgan fingerprint density at radius 2 is 1.33 bits per heavy atom. The van der Waals surface area contributed by atoms with Crippen LogP contribution in [0.3, 0.4) is 0 Å². The first-order chi connectivity index (χ1) is 7.37. The minimum absolute atomic E-state index is 0.280. The molecular weight excluding hydrogens is 184 g/mol. The molecule has 0 amide bonds. The van der Waals surface area contributed by atoms with Gasteiger partial charge in [-0.05, 0) is 31.6 Å². The first-order valence-electron chi connectivity index (χ1n) is 6.92. The van der Waals surface area contributed by atoms with Gasteiger partial charge in [0.05, 0.1) is 5.60 Å². The van der Waals surface area contributed by atoms with Gasteiger partial charge >= 0.3 is 0 Å². The smallest absolute Gasteiger partial charge is 0.0706 e. The largest absolute Gasteiger partial charge is 0.378 e. The van der Waals surface area contributed by atoms with Crippen molar-refractivity contribution in [2.24, 2.45) is 5.92 Å². The number of hydrogen-bond donors (Lipinski definition) is 0. The normalized spacial score (nSPS) is 28.6. The van der Waals surface area contributed by atoms with E-state index in [1.165, 1.54) is 70.6 Å². The van der Waals surface area contributed by atoms with Gasteiger partial charge in [-0.15, -0.1) is 0 Å². The Morgan fingerprint density at radius 3 is 1.87 bits per heavy atom. The molecule has 88 valence electrons. The molecule has 2 rings (SSSR count). The van der Waals surface area contributed by atoms with Crippen LogP contribution in [0.4, 0.5) is 0 Å². The molecular formula is C14H26O. The van der Waals surface area contributed by atoms with Gasteiger partial charge in [-0.25, -0.2) is 0 Å². The molecule has 2 aliphatic carbocycles. The van der Waals surface area contributed by atoms with E-state index in [-0.39, 0.29) is 5.60 Å². The fraction of sp³-hybridized carbons (Fsp3) is 1.00. The lowest BCUT2D eigenvalue weighted by Crippen LogP contribution is -2.41. The van der Waals surface area contributed by atoms with Crippen LogP contribution in [-0.2, 0) is 4.74 Å². The second-order valence-electron chi connectivity index (χ2n) is 5.52. The van der Waals surface area contributed by atoms with Crippen LogP contribution in [0.2, 0.25) is 0 Å². The Balaban J connectivity index is 2.01. The highest BCUT2D eigenvalue weighted by molar-refractivity contribution is 4.91. The van der Waals surface area contributed by atoms with Crippen LogP contribution in [0.15, 0.2) is 0 Å². The van der Waals surface area contributed by atoms with Gasteiger partial charge in [-0.2, -0.15) is 0 Å². The van der Waals surface area contributed by atoms with Gasteiger partial charge in [0.15, 0.2) is 0 Å². The average molecular weight is 210 g/mol. The third-order valence-electron chi connectivity index (χ3n) is 4.71. The minimum Gasteiger partial charge on any atom is -0.378 e. The molecule has 1 heteroatoms. The Labute approximate surface area is 94.6 Å². The van der Waals surface area contributed by atoms with Gasteiger partial charge in [0, 0.05) is 7.11 Å². The number of hydrogen-bond acceptors (Lipinski definition) is 1. The predicted octanol–water partition coefficient (Wildman–Crippen LogP) is 4.31. The molecule has 0 atom stereocenters. The van der Waals surface area contributed by atoms with Gasteiger partial charge in [0.1, 0.15) is 0 Å². The van der Waals surface area contributed by atoms with Crippen LogP contribution in [0, 0.1) is 5.92 Å². The van der Waals surface area contributed by atoms with Crippen LogP contribution in [-0.4, -0.2) is 12.7 Å². The summed E-state index contributed by atoms with van der Waals surface area (Å²) in [5, 5.41) is 0. The lowest BCUT2D eigenvalue weighted by atomic mass is 9.72. The summed E-state index contributed by atoms with van der Waals surface area (Å²) in [7, 11) is 1.95. The van der Waals surface area contributed by atoms with Crippen molar-refractivity contribution in [3.05, 3.63) is 0 Å². The highest BCUT2D eigenvalue weighted by Crippen LogP contribution is 2.43. The molecule has 0 saturated heterocycles. The van der Waals surface area contributed by atoms with Crippen LogP contribution in [0.1, 0.15) is 70.6 Å². The molecule has 0 aromatic rings. The van der Waals surface area contributed by atoms with Crippen molar-refractivity contribution < 1.29 is 4.74 Å². The standard InChI is InChI=1S/C14H26O/c1-15-14(11-7-4-8-12-14)13-9-5-2-3-6-10-13/h13H,2-12H2,1H3. The van der Waals surface area contributed by atoms with Crippen molar-refractivity contribution in [3.8, 4) is 0 Å². The zero-order chi connectivity index (χ0) is 10.6. The van der Waals surface area contributed by atoms with Gasteiger partial charge in [0.2, 0.25) is 0 Å². The maximum absolute atomic E-state index is 5.97. The van der Waals surface area contributed by atoms with Crippen LogP contribution >= 0.6 is 0 Å². The van der Waals surface area contributed by atoms with E-state index in [4.69, 9.17) is 4.74 Å². The SMILES string of the molecule is COC1(C2CCCCCC2)CCCCC1. The zero-order valence-electron chi connectivity index (χ0n) is 10.3. The predicted molar refractivity (Wildman–Crippen MR) is 64.0 cm³/mol. The molecule has 1 nitrogen and oxygen atoms in total. The van der Waals surface area contributed by atoms with Crippen molar-refractivity contribution in [1.82, 2.24) is 0 Å². The van der Waals surface area contributed by atoms with E-state index in [1.54, 1.807) is 0 Å². The highest BCUT2D eigenvalue weighted by Gasteiger charge is 2.39. The maximum Gasteiger partial charge on any atom is 0.0706 e. The van der Waals surface area contributed by atoms with Crippen molar-refractivity contribution >= 4 is 0 Å². The molecule has 2 saturated carbocycles. The number of methoxy groups -OCH3 is 1. The highest BCUT2D eigenvalue weighted by atomic mass is 16.5. The Bertz CT molecular complexity index is 174. The first-order valence-corrected chi connectivity index (χ1v) is 6.92. The Morgan fingerprint density at radius 1 is 0.800 bits per heavy atom. The van der Waals surface area contributed by atoms with E-state index in [1.807, 2.05) is 7.11 Å². The first kappa shape index (κ1) is 11.4. The monoisotopic (exact) mass is 210 g/mol. The molecule has 0 N–H and O–H groups in total. The summed E-state index contributed by atoms with van der Waals surface area (Å²) in [6.45, 7) is 0. The molecule has 0 unspecified atom stereocenters. The number of ether oxygens (including phenoxy) is 1. The van der Waals surface area contributed by atoms with Gasteiger partial charge in [0.25, 0.3) is 0 Å². The fourth-order valence-corrected chi connectivity index (χ4v) is 3.73. The molecule has 15 heavy (non-hydrogen) atoms. The summed E-state index contributed by atoms with van der Waals surface area (Å²) in [6.07, 6.45) is 15.5. The van der Waals surface area contributed by atoms with Crippen LogP contribution < -0.4 is 0 Å². The molecule has 0 aliphatic heterocycles. The van der Waals surface area contributed by atoms with E-state index in [0.717, 1.165) is 5.92 Å². The summed E-state index contributed by atoms with van der Waals surface area (Å²) in [5.41, 5.74) is 0.280. The molecule has 0 spiro atoms. The molecule has 0 radical (unpaired) electrons. The van der Waals surface area contributed by atoms with Crippen molar-refractivity contribution in [2.45, 2.75) is 76.2 Å². The summed E-state index contributed by atoms with van der Waals surface area (Å²) in [5.74, 6) is 0.866. The second kappa shape index (κ2) is 5.34. The quantitative estimate of drug-likeness (QED) is 0.617. The zero-order valence-corrected chi connectivity index (χ0v) is 10.3. The summed E-state index contributed by atoms with van der Waals surface area (Å²) < 4.78 is 5.97. The van der Waals surface area contributed by atoms with Gasteiger partial charge < -0.3 is 4.74 Å². The third-order valence-corrected chi connectivity index (χ3v) is 4.71. The Kier molecular flexibility index (Phi) is 4.07. The molecule has 2 fully saturated rings. The van der Waals surface area contributed by atoms with Crippen molar-refractivity contribution in [2.75, 3.05) is 7.11 Å². The molecule has 0 heterocycles. The minimum atomic E-state index is 0.280. The van der Waals surface area contributed by atoms with Crippen molar-refractivity contribution in [3.63, 3.8) is 0 Å². The number of rotatable bonds is 2. The maximum atomic E-state index is 5.97. The third kappa shape index (κ3) is 2.55. The van der Waals surface area contributed by atoms with E-state index < -0.39 is 0 Å². The molecule has 0 aromatic carbocycles. The molecule has 0 bridgehead atoms. The summed E-state index contributed by atoms with van der Waals surface area (Å²) in [4.78, 5) is 0. The molecule has 0 aromatic heterocycles. The molecule has 2 aliphatic rings.